The van der Waals surface area contributed by atoms with Crippen LogP contribution in [0.25, 0.3) is 10.4 Å². The summed E-state index contributed by atoms with van der Waals surface area (Å²) in [6.45, 7) is 0.977. The quantitative estimate of drug-likeness (QED) is 0.348. The van der Waals surface area contributed by atoms with Gasteiger partial charge in [-0.2, -0.15) is 0 Å². The molecule has 1 atom stereocenters. The second-order valence-electron chi connectivity index (χ2n) is 3.24. The zero-order valence-electron chi connectivity index (χ0n) is 8.97. The Morgan fingerprint density at radius 2 is 2.47 bits per heavy atom. The zero-order chi connectivity index (χ0) is 12.7. The van der Waals surface area contributed by atoms with Crippen molar-refractivity contribution in [1.82, 2.24) is 5.32 Å². The number of thiophene rings is 1. The predicted molar refractivity (Wildman–Crippen MR) is 70.6 cm³/mol. The summed E-state index contributed by atoms with van der Waals surface area (Å²) in [6.07, 6.45) is 0.667. The van der Waals surface area contributed by atoms with Crippen molar-refractivity contribution in [3.8, 4) is 0 Å². The van der Waals surface area contributed by atoms with Gasteiger partial charge in [0.15, 0.2) is 0 Å². The van der Waals surface area contributed by atoms with Gasteiger partial charge in [-0.25, -0.2) is 0 Å². The molecule has 1 amide bonds. The molecular formula is C9H12BrN5OS. The molecule has 6 nitrogen and oxygen atoms in total. The molecule has 0 aliphatic rings. The third kappa shape index (κ3) is 4.74. The van der Waals surface area contributed by atoms with Gasteiger partial charge in [-0.05, 0) is 46.6 Å². The van der Waals surface area contributed by atoms with Crippen molar-refractivity contribution < 1.29 is 4.79 Å². The fourth-order valence-electron chi connectivity index (χ4n) is 1.27. The first-order valence-corrected chi connectivity index (χ1v) is 6.55. The van der Waals surface area contributed by atoms with Crippen molar-refractivity contribution in [2.75, 3.05) is 13.1 Å². The molecule has 0 bridgehead atoms. The van der Waals surface area contributed by atoms with E-state index in [4.69, 9.17) is 11.3 Å². The van der Waals surface area contributed by atoms with Crippen LogP contribution in [0, 0.1) is 0 Å². The van der Waals surface area contributed by atoms with Gasteiger partial charge in [0.25, 0.3) is 0 Å². The molecule has 1 aromatic heterocycles. The number of hydrogen-bond donors (Lipinski definition) is 2. The lowest BCUT2D eigenvalue weighted by Crippen LogP contribution is -2.33. The SMILES string of the molecule is [N-]=[N+]=NCCCNC(C(N)=O)c1ccc(Br)s1. The molecule has 3 N–H and O–H groups in total. The molecule has 0 aliphatic carbocycles. The number of primary amides is 1. The Hall–Kier alpha value is -1.08. The summed E-state index contributed by atoms with van der Waals surface area (Å²) >= 11 is 4.80. The number of carbonyl (C=O) groups is 1. The Kier molecular flexibility index (Phi) is 5.99. The third-order valence-corrected chi connectivity index (χ3v) is 3.70. The van der Waals surface area contributed by atoms with E-state index in [9.17, 15) is 4.79 Å². The van der Waals surface area contributed by atoms with Crippen LogP contribution >= 0.6 is 27.3 Å². The van der Waals surface area contributed by atoms with Crippen LogP contribution in [0.2, 0.25) is 0 Å². The number of azide groups is 1. The first-order valence-electron chi connectivity index (χ1n) is 4.94. The summed E-state index contributed by atoms with van der Waals surface area (Å²) in [5.74, 6) is -0.414. The lowest BCUT2D eigenvalue weighted by molar-refractivity contribution is -0.120. The molecule has 0 aromatic carbocycles. The van der Waals surface area contributed by atoms with Crippen LogP contribution in [0.4, 0.5) is 0 Å². The number of nitrogens with two attached hydrogens (primary N) is 1. The van der Waals surface area contributed by atoms with Gasteiger partial charge in [-0.3, -0.25) is 4.79 Å². The van der Waals surface area contributed by atoms with E-state index in [-0.39, 0.29) is 0 Å². The number of rotatable bonds is 7. The number of halogens is 1. The molecule has 0 radical (unpaired) electrons. The van der Waals surface area contributed by atoms with Crippen molar-refractivity contribution >= 4 is 33.2 Å². The molecule has 0 fully saturated rings. The van der Waals surface area contributed by atoms with Gasteiger partial charge in [0.05, 0.1) is 3.79 Å². The molecule has 0 aliphatic heterocycles. The Balaban J connectivity index is 2.50. The average Bonchev–Trinajstić information content (AvgIpc) is 2.69. The normalized spacial score (nSPS) is 11.8. The van der Waals surface area contributed by atoms with Crippen molar-refractivity contribution in [1.29, 1.82) is 0 Å². The molecule has 92 valence electrons. The highest BCUT2D eigenvalue weighted by Gasteiger charge is 2.18. The number of nitrogens with zero attached hydrogens (tertiary/aromatic N) is 3. The summed E-state index contributed by atoms with van der Waals surface area (Å²) < 4.78 is 0.953. The largest absolute Gasteiger partial charge is 0.368 e. The Labute approximate surface area is 111 Å². The highest BCUT2D eigenvalue weighted by atomic mass is 79.9. The van der Waals surface area contributed by atoms with Gasteiger partial charge in [-0.15, -0.1) is 11.3 Å². The van der Waals surface area contributed by atoms with Gasteiger partial charge in [0, 0.05) is 16.3 Å². The second-order valence-corrected chi connectivity index (χ2v) is 5.73. The summed E-state index contributed by atoms with van der Waals surface area (Å²) in [5.41, 5.74) is 13.4. The van der Waals surface area contributed by atoms with E-state index in [1.807, 2.05) is 12.1 Å². The summed E-state index contributed by atoms with van der Waals surface area (Å²) in [4.78, 5) is 14.8. The van der Waals surface area contributed by atoms with Gasteiger partial charge in [0.2, 0.25) is 5.91 Å². The third-order valence-electron chi connectivity index (χ3n) is 2.01. The minimum Gasteiger partial charge on any atom is -0.368 e. The van der Waals surface area contributed by atoms with Crippen LogP contribution in [0.1, 0.15) is 17.3 Å². The van der Waals surface area contributed by atoms with E-state index in [1.165, 1.54) is 11.3 Å². The smallest absolute Gasteiger partial charge is 0.239 e. The number of nitrogens with one attached hydrogen (secondary N) is 1. The fraction of sp³-hybridized carbons (Fsp3) is 0.444. The van der Waals surface area contributed by atoms with Crippen LogP contribution in [0.5, 0.6) is 0 Å². The molecule has 1 rings (SSSR count). The number of carbonyl (C=O) groups excluding carboxylic acids is 1. The lowest BCUT2D eigenvalue weighted by Gasteiger charge is -2.13. The molecule has 1 unspecified atom stereocenters. The van der Waals surface area contributed by atoms with Gasteiger partial charge in [0.1, 0.15) is 6.04 Å². The van der Waals surface area contributed by atoms with Crippen molar-refractivity contribution in [2.24, 2.45) is 10.8 Å². The van der Waals surface area contributed by atoms with E-state index in [0.29, 0.717) is 19.5 Å². The molecule has 0 spiro atoms. The molecular weight excluding hydrogens is 306 g/mol. The summed E-state index contributed by atoms with van der Waals surface area (Å²) in [5, 5.41) is 6.45. The lowest BCUT2D eigenvalue weighted by atomic mass is 10.2. The van der Waals surface area contributed by atoms with Gasteiger partial charge in [-0.1, -0.05) is 5.11 Å². The van der Waals surface area contributed by atoms with Crippen molar-refractivity contribution in [3.63, 3.8) is 0 Å². The van der Waals surface area contributed by atoms with E-state index in [1.54, 1.807) is 0 Å². The average molecular weight is 318 g/mol. The van der Waals surface area contributed by atoms with Crippen LogP contribution in [0.15, 0.2) is 21.0 Å². The zero-order valence-corrected chi connectivity index (χ0v) is 11.4. The van der Waals surface area contributed by atoms with Crippen molar-refractivity contribution in [3.05, 3.63) is 31.2 Å². The minimum atomic E-state index is -0.489. The molecule has 0 saturated carbocycles. The van der Waals surface area contributed by atoms with Crippen LogP contribution in [-0.2, 0) is 4.79 Å². The molecule has 1 aromatic rings. The van der Waals surface area contributed by atoms with Crippen LogP contribution in [0.3, 0.4) is 0 Å². The van der Waals surface area contributed by atoms with Gasteiger partial charge >= 0.3 is 0 Å². The maximum atomic E-state index is 11.3. The Morgan fingerprint density at radius 1 is 1.71 bits per heavy atom. The number of hydrogen-bond acceptors (Lipinski definition) is 4. The topological polar surface area (TPSA) is 104 Å². The Morgan fingerprint density at radius 3 is 3.00 bits per heavy atom. The van der Waals surface area contributed by atoms with E-state index >= 15 is 0 Å². The summed E-state index contributed by atoms with van der Waals surface area (Å²) in [7, 11) is 0. The summed E-state index contributed by atoms with van der Waals surface area (Å²) in [6, 6.07) is 3.24. The van der Waals surface area contributed by atoms with E-state index in [2.05, 4.69) is 31.3 Å². The maximum Gasteiger partial charge on any atom is 0.239 e. The minimum absolute atomic E-state index is 0.406. The van der Waals surface area contributed by atoms with E-state index < -0.39 is 11.9 Å². The van der Waals surface area contributed by atoms with E-state index in [0.717, 1.165) is 8.66 Å². The molecule has 17 heavy (non-hydrogen) atoms. The standard InChI is InChI=1S/C9H12BrN5OS/c10-7-3-2-6(17-7)8(9(11)16)13-4-1-5-14-15-12/h2-3,8,13H,1,4-5H2,(H2,11,16). The highest BCUT2D eigenvalue weighted by molar-refractivity contribution is 9.11. The Bertz CT molecular complexity index is 429. The second kappa shape index (κ2) is 7.29. The number of amides is 1. The highest BCUT2D eigenvalue weighted by Crippen LogP contribution is 2.27. The molecule has 0 saturated heterocycles. The van der Waals surface area contributed by atoms with Crippen LogP contribution in [-0.4, -0.2) is 19.0 Å². The van der Waals surface area contributed by atoms with Crippen LogP contribution < -0.4 is 11.1 Å². The first kappa shape index (κ1) is 14.0. The maximum absolute atomic E-state index is 11.3. The predicted octanol–water partition coefficient (Wildman–Crippen LogP) is 2.33. The fourth-order valence-corrected chi connectivity index (χ4v) is 2.77. The van der Waals surface area contributed by atoms with Crippen molar-refractivity contribution in [2.45, 2.75) is 12.5 Å². The molecule has 1 heterocycles. The monoisotopic (exact) mass is 317 g/mol. The first-order chi connectivity index (χ1) is 8.15. The van der Waals surface area contributed by atoms with Gasteiger partial charge < -0.3 is 11.1 Å². The molecule has 8 heteroatoms.